The number of nitrogens with two attached hydrogens (primary N) is 1. The Hall–Kier alpha value is -0.170. The molecule has 1 unspecified atom stereocenters. The summed E-state index contributed by atoms with van der Waals surface area (Å²) in [6, 6.07) is -0.232. The highest BCUT2D eigenvalue weighted by molar-refractivity contribution is 7.87. The molecule has 1 aliphatic rings. The van der Waals surface area contributed by atoms with Gasteiger partial charge in [0, 0.05) is 24.7 Å². The molecule has 0 bridgehead atoms. The van der Waals surface area contributed by atoms with E-state index in [2.05, 4.69) is 4.72 Å². The van der Waals surface area contributed by atoms with E-state index in [0.717, 1.165) is 25.7 Å². The third-order valence-corrected chi connectivity index (χ3v) is 5.26. The zero-order valence-electron chi connectivity index (χ0n) is 11.1. The summed E-state index contributed by atoms with van der Waals surface area (Å²) < 4.78 is 28.7. The lowest BCUT2D eigenvalue weighted by Crippen LogP contribution is -2.57. The summed E-state index contributed by atoms with van der Waals surface area (Å²) in [7, 11) is -3.41. The average Bonchev–Trinajstić information content (AvgIpc) is 2.43. The van der Waals surface area contributed by atoms with Crippen LogP contribution in [0.15, 0.2) is 0 Å². The topological polar surface area (TPSA) is 75.4 Å². The van der Waals surface area contributed by atoms with Crippen LogP contribution in [0, 0.1) is 0 Å². The minimum Gasteiger partial charge on any atom is -0.326 e. The van der Waals surface area contributed by atoms with E-state index in [1.54, 1.807) is 4.31 Å². The molecule has 3 N–H and O–H groups in total. The van der Waals surface area contributed by atoms with Gasteiger partial charge >= 0.3 is 0 Å². The molecule has 0 amide bonds. The Bertz CT molecular complexity index is 331. The Labute approximate surface area is 105 Å². The van der Waals surface area contributed by atoms with Crippen LogP contribution in [0.5, 0.6) is 0 Å². The lowest BCUT2D eigenvalue weighted by molar-refractivity contribution is 0.354. The predicted octanol–water partition coefficient (Wildman–Crippen LogP) is 0.823. The second-order valence-corrected chi connectivity index (χ2v) is 7.10. The van der Waals surface area contributed by atoms with Crippen LogP contribution >= 0.6 is 0 Å². The first-order valence-electron chi connectivity index (χ1n) is 6.30. The van der Waals surface area contributed by atoms with Crippen LogP contribution in [0.3, 0.4) is 0 Å². The fourth-order valence-electron chi connectivity index (χ4n) is 1.77. The Morgan fingerprint density at radius 3 is 2.06 bits per heavy atom. The van der Waals surface area contributed by atoms with Gasteiger partial charge in [-0.1, -0.05) is 12.8 Å². The molecule has 1 atom stereocenters. The summed E-state index contributed by atoms with van der Waals surface area (Å²) in [4.78, 5) is 0. The summed E-state index contributed by atoms with van der Waals surface area (Å²) in [5, 5.41) is 0. The minimum atomic E-state index is -3.41. The maximum atomic E-state index is 12.2. The van der Waals surface area contributed by atoms with Crippen molar-refractivity contribution in [2.75, 3.05) is 13.1 Å². The van der Waals surface area contributed by atoms with Gasteiger partial charge in [0.05, 0.1) is 0 Å². The molecule has 102 valence electrons. The molecule has 1 heterocycles. The monoisotopic (exact) mass is 263 g/mol. The van der Waals surface area contributed by atoms with E-state index in [1.807, 2.05) is 20.8 Å². The second kappa shape index (κ2) is 5.65. The van der Waals surface area contributed by atoms with Crippen molar-refractivity contribution in [2.24, 2.45) is 5.73 Å². The molecular formula is C11H25N3O2S. The van der Waals surface area contributed by atoms with Crippen molar-refractivity contribution in [2.45, 2.75) is 58.0 Å². The fourth-order valence-corrected chi connectivity index (χ4v) is 3.49. The second-order valence-electron chi connectivity index (χ2n) is 5.43. The SMILES string of the molecule is CC(N)C(C)(C)NS(=O)(=O)N1CCCCCC1. The summed E-state index contributed by atoms with van der Waals surface area (Å²) >= 11 is 0. The van der Waals surface area contributed by atoms with Gasteiger partial charge in [-0.25, -0.2) is 0 Å². The van der Waals surface area contributed by atoms with Gasteiger partial charge < -0.3 is 5.73 Å². The van der Waals surface area contributed by atoms with Gasteiger partial charge in [-0.05, 0) is 33.6 Å². The molecule has 0 radical (unpaired) electrons. The number of hydrogen-bond acceptors (Lipinski definition) is 3. The molecule has 6 heteroatoms. The standard InChI is InChI=1S/C11H25N3O2S/c1-10(12)11(2,3)13-17(15,16)14-8-6-4-5-7-9-14/h10,13H,4-9,12H2,1-3H3. The molecular weight excluding hydrogens is 238 g/mol. The summed E-state index contributed by atoms with van der Waals surface area (Å²) in [6.45, 7) is 6.67. The highest BCUT2D eigenvalue weighted by Crippen LogP contribution is 2.15. The number of rotatable bonds is 4. The highest BCUT2D eigenvalue weighted by Gasteiger charge is 2.32. The van der Waals surface area contributed by atoms with Crippen molar-refractivity contribution in [3.63, 3.8) is 0 Å². The van der Waals surface area contributed by atoms with Gasteiger partial charge in [-0.2, -0.15) is 17.4 Å². The van der Waals surface area contributed by atoms with Crippen LogP contribution in [0.2, 0.25) is 0 Å². The van der Waals surface area contributed by atoms with Crippen LogP contribution < -0.4 is 10.5 Å². The first-order chi connectivity index (χ1) is 7.76. The van der Waals surface area contributed by atoms with Gasteiger partial charge in [-0.3, -0.25) is 0 Å². The molecule has 0 aromatic rings. The Balaban J connectivity index is 2.73. The van der Waals surface area contributed by atoms with Gasteiger partial charge in [0.1, 0.15) is 0 Å². The average molecular weight is 263 g/mol. The van der Waals surface area contributed by atoms with Crippen molar-refractivity contribution in [3.8, 4) is 0 Å². The van der Waals surface area contributed by atoms with Crippen molar-refractivity contribution in [1.29, 1.82) is 0 Å². The normalized spacial score (nSPS) is 22.1. The molecule has 0 aromatic heterocycles. The Kier molecular flexibility index (Phi) is 4.95. The van der Waals surface area contributed by atoms with E-state index in [0.29, 0.717) is 13.1 Å². The zero-order chi connectivity index (χ0) is 13.1. The summed E-state index contributed by atoms with van der Waals surface area (Å²) in [5.74, 6) is 0. The molecule has 1 aliphatic heterocycles. The zero-order valence-corrected chi connectivity index (χ0v) is 11.9. The van der Waals surface area contributed by atoms with Crippen LogP contribution in [0.4, 0.5) is 0 Å². The van der Waals surface area contributed by atoms with Crippen LogP contribution in [0.25, 0.3) is 0 Å². The molecule has 0 aromatic carbocycles. The smallest absolute Gasteiger partial charge is 0.279 e. The fraction of sp³-hybridized carbons (Fsp3) is 1.00. The first kappa shape index (κ1) is 14.9. The first-order valence-corrected chi connectivity index (χ1v) is 7.74. The maximum Gasteiger partial charge on any atom is 0.279 e. The predicted molar refractivity (Wildman–Crippen MR) is 69.8 cm³/mol. The maximum absolute atomic E-state index is 12.2. The Morgan fingerprint density at radius 2 is 1.65 bits per heavy atom. The van der Waals surface area contributed by atoms with E-state index in [-0.39, 0.29) is 6.04 Å². The van der Waals surface area contributed by atoms with E-state index in [1.165, 1.54) is 0 Å². The van der Waals surface area contributed by atoms with Gasteiger partial charge in [0.2, 0.25) is 0 Å². The van der Waals surface area contributed by atoms with Crippen LogP contribution in [-0.2, 0) is 10.2 Å². The molecule has 0 aliphatic carbocycles. The third kappa shape index (κ3) is 4.21. The molecule has 0 saturated carbocycles. The van der Waals surface area contributed by atoms with Gasteiger partial charge in [0.15, 0.2) is 0 Å². The number of nitrogens with one attached hydrogen (secondary N) is 1. The largest absolute Gasteiger partial charge is 0.326 e. The minimum absolute atomic E-state index is 0.232. The quantitative estimate of drug-likeness (QED) is 0.788. The number of hydrogen-bond donors (Lipinski definition) is 2. The van der Waals surface area contributed by atoms with Gasteiger partial charge in [0.25, 0.3) is 10.2 Å². The van der Waals surface area contributed by atoms with Crippen LogP contribution in [-0.4, -0.2) is 37.4 Å². The van der Waals surface area contributed by atoms with Crippen molar-refractivity contribution < 1.29 is 8.42 Å². The molecule has 1 saturated heterocycles. The van der Waals surface area contributed by atoms with E-state index >= 15 is 0 Å². The lowest BCUT2D eigenvalue weighted by atomic mass is 9.99. The van der Waals surface area contributed by atoms with Crippen LogP contribution in [0.1, 0.15) is 46.5 Å². The van der Waals surface area contributed by atoms with E-state index in [9.17, 15) is 8.42 Å². The molecule has 1 rings (SSSR count). The van der Waals surface area contributed by atoms with Crippen molar-refractivity contribution in [1.82, 2.24) is 9.03 Å². The Morgan fingerprint density at radius 1 is 1.18 bits per heavy atom. The summed E-state index contributed by atoms with van der Waals surface area (Å²) in [5.41, 5.74) is 5.17. The number of nitrogens with zero attached hydrogens (tertiary/aromatic N) is 1. The molecule has 5 nitrogen and oxygen atoms in total. The lowest BCUT2D eigenvalue weighted by Gasteiger charge is -2.32. The third-order valence-electron chi connectivity index (χ3n) is 3.44. The molecule has 0 spiro atoms. The van der Waals surface area contributed by atoms with Crippen molar-refractivity contribution >= 4 is 10.2 Å². The van der Waals surface area contributed by atoms with Gasteiger partial charge in [-0.15, -0.1) is 0 Å². The summed E-state index contributed by atoms with van der Waals surface area (Å²) in [6.07, 6.45) is 4.12. The molecule has 1 fully saturated rings. The van der Waals surface area contributed by atoms with Crippen molar-refractivity contribution in [3.05, 3.63) is 0 Å². The van der Waals surface area contributed by atoms with E-state index < -0.39 is 15.7 Å². The van der Waals surface area contributed by atoms with E-state index in [4.69, 9.17) is 5.73 Å². The highest BCUT2D eigenvalue weighted by atomic mass is 32.2. The molecule has 17 heavy (non-hydrogen) atoms.